The lowest BCUT2D eigenvalue weighted by Gasteiger charge is -2.08. The van der Waals surface area contributed by atoms with E-state index < -0.39 is 18.0 Å². The third kappa shape index (κ3) is 5.50. The molecule has 1 atom stereocenters. The van der Waals surface area contributed by atoms with Crippen molar-refractivity contribution in [3.8, 4) is 0 Å². The zero-order chi connectivity index (χ0) is 11.0. The lowest BCUT2D eigenvalue weighted by Crippen LogP contribution is -2.24. The van der Waals surface area contributed by atoms with Crippen LogP contribution in [0, 0.1) is 0 Å². The second kappa shape index (κ2) is 7.28. The molecule has 0 aromatic heterocycles. The zero-order valence-electron chi connectivity index (χ0n) is 7.93. The van der Waals surface area contributed by atoms with E-state index in [0.717, 1.165) is 0 Å². The Hall–Kier alpha value is -1.14. The molecule has 0 rings (SSSR count). The quantitative estimate of drug-likeness (QED) is 0.363. The van der Waals surface area contributed by atoms with Crippen LogP contribution >= 0.6 is 0 Å². The van der Waals surface area contributed by atoms with Gasteiger partial charge in [-0.2, -0.15) is 5.26 Å². The van der Waals surface area contributed by atoms with E-state index >= 15 is 0 Å². The Labute approximate surface area is 81.4 Å². The van der Waals surface area contributed by atoms with Gasteiger partial charge < -0.3 is 14.7 Å². The average molecular weight is 206 g/mol. The first-order chi connectivity index (χ1) is 6.61. The number of hydrogen-bond acceptors (Lipinski definition) is 6. The molecule has 0 spiro atoms. The minimum atomic E-state index is -1.35. The van der Waals surface area contributed by atoms with Gasteiger partial charge in [0.15, 0.2) is 6.10 Å². The van der Waals surface area contributed by atoms with E-state index in [1.807, 2.05) is 6.92 Å². The Bertz CT molecular complexity index is 190. The molecule has 0 aliphatic heterocycles. The van der Waals surface area contributed by atoms with Crippen molar-refractivity contribution in [2.45, 2.75) is 32.3 Å². The summed E-state index contributed by atoms with van der Waals surface area (Å²) in [6, 6.07) is 0. The topological polar surface area (TPSA) is 93.1 Å². The summed E-state index contributed by atoms with van der Waals surface area (Å²) in [5.41, 5.74) is 0. The first-order valence-electron chi connectivity index (χ1n) is 4.30. The van der Waals surface area contributed by atoms with Gasteiger partial charge in [0.1, 0.15) is 0 Å². The molecule has 0 heterocycles. The molecule has 0 fully saturated rings. The number of rotatable bonds is 6. The van der Waals surface area contributed by atoms with Crippen LogP contribution in [0.15, 0.2) is 0 Å². The van der Waals surface area contributed by atoms with Crippen LogP contribution in [0.3, 0.4) is 0 Å². The fraction of sp³-hybridized carbons (Fsp3) is 0.750. The molecule has 0 radical (unpaired) electrons. The largest absolute Gasteiger partial charge is 0.464 e. The van der Waals surface area contributed by atoms with Gasteiger partial charge in [-0.15, -0.1) is 0 Å². The van der Waals surface area contributed by atoms with Crippen LogP contribution in [0.5, 0.6) is 0 Å². The molecular formula is C8H14O6. The number of aliphatic hydroxyl groups excluding tert-OH is 1. The molecule has 14 heavy (non-hydrogen) atoms. The molecule has 0 aliphatic carbocycles. The molecular weight excluding hydrogens is 192 g/mol. The summed E-state index contributed by atoms with van der Waals surface area (Å²) in [5, 5.41) is 17.0. The summed E-state index contributed by atoms with van der Waals surface area (Å²) in [6.07, 6.45) is -1.04. The molecule has 0 aliphatic rings. The summed E-state index contributed by atoms with van der Waals surface area (Å²) in [5.74, 6) is -1.66. The molecule has 0 aromatic carbocycles. The Kier molecular flexibility index (Phi) is 6.69. The molecule has 1 unspecified atom stereocenters. The molecule has 0 saturated carbocycles. The predicted octanol–water partition coefficient (Wildman–Crippen LogP) is 0.0969. The zero-order valence-corrected chi connectivity index (χ0v) is 7.93. The number of carbonyl (C=O) groups is 2. The maximum Gasteiger partial charge on any atom is 0.342 e. The van der Waals surface area contributed by atoms with Gasteiger partial charge in [-0.1, -0.05) is 6.92 Å². The van der Waals surface area contributed by atoms with Crippen molar-refractivity contribution in [3.63, 3.8) is 0 Å². The number of ether oxygens (including phenoxy) is 1. The van der Waals surface area contributed by atoms with E-state index in [4.69, 9.17) is 10.4 Å². The van der Waals surface area contributed by atoms with Crippen LogP contribution < -0.4 is 0 Å². The van der Waals surface area contributed by atoms with E-state index in [1.165, 1.54) is 0 Å². The van der Waals surface area contributed by atoms with Gasteiger partial charge in [0.05, 0.1) is 13.0 Å². The van der Waals surface area contributed by atoms with Gasteiger partial charge in [-0.25, -0.2) is 9.59 Å². The first-order valence-corrected chi connectivity index (χ1v) is 4.30. The van der Waals surface area contributed by atoms with Gasteiger partial charge in [-0.3, -0.25) is 0 Å². The Balaban J connectivity index is 3.66. The maximum atomic E-state index is 10.9. The Morgan fingerprint density at radius 1 is 1.43 bits per heavy atom. The number of aliphatic hydroxyl groups is 1. The van der Waals surface area contributed by atoms with Crippen molar-refractivity contribution in [1.82, 2.24) is 0 Å². The molecule has 0 bridgehead atoms. The predicted molar refractivity (Wildman–Crippen MR) is 45.2 cm³/mol. The fourth-order valence-corrected chi connectivity index (χ4v) is 0.717. The summed E-state index contributed by atoms with van der Waals surface area (Å²) in [7, 11) is 0. The second-order valence-corrected chi connectivity index (χ2v) is 2.69. The van der Waals surface area contributed by atoms with Crippen molar-refractivity contribution in [2.24, 2.45) is 0 Å². The number of carbonyl (C=O) groups excluding carboxylic acids is 2. The summed E-state index contributed by atoms with van der Waals surface area (Å²) in [4.78, 5) is 24.7. The van der Waals surface area contributed by atoms with Crippen molar-refractivity contribution in [3.05, 3.63) is 0 Å². The lowest BCUT2D eigenvalue weighted by molar-refractivity contribution is -0.234. The highest BCUT2D eigenvalue weighted by Gasteiger charge is 2.18. The third-order valence-electron chi connectivity index (χ3n) is 1.44. The van der Waals surface area contributed by atoms with Gasteiger partial charge in [0.25, 0.3) is 0 Å². The maximum absolute atomic E-state index is 10.9. The molecule has 2 N–H and O–H groups in total. The van der Waals surface area contributed by atoms with Crippen molar-refractivity contribution < 1.29 is 29.6 Å². The normalized spacial score (nSPS) is 11.9. The van der Waals surface area contributed by atoms with Gasteiger partial charge in [0.2, 0.25) is 0 Å². The highest BCUT2D eigenvalue weighted by molar-refractivity contribution is 5.75. The lowest BCUT2D eigenvalue weighted by atomic mass is 10.2. The van der Waals surface area contributed by atoms with Gasteiger partial charge in [-0.05, 0) is 12.8 Å². The van der Waals surface area contributed by atoms with E-state index in [0.29, 0.717) is 6.42 Å². The van der Waals surface area contributed by atoms with E-state index in [2.05, 4.69) is 9.62 Å². The van der Waals surface area contributed by atoms with Crippen LogP contribution in [-0.2, 0) is 19.2 Å². The van der Waals surface area contributed by atoms with E-state index in [-0.39, 0.29) is 19.4 Å². The smallest absolute Gasteiger partial charge is 0.342 e. The summed E-state index contributed by atoms with van der Waals surface area (Å²) in [6.45, 7) is 2.06. The van der Waals surface area contributed by atoms with Crippen LogP contribution in [0.1, 0.15) is 26.2 Å². The number of hydrogen-bond donors (Lipinski definition) is 2. The molecule has 0 amide bonds. The minimum absolute atomic E-state index is 0.123. The number of esters is 1. The van der Waals surface area contributed by atoms with E-state index in [1.54, 1.807) is 0 Å². The molecule has 82 valence electrons. The van der Waals surface area contributed by atoms with Crippen molar-refractivity contribution in [2.75, 3.05) is 6.61 Å². The highest BCUT2D eigenvalue weighted by atomic mass is 17.1. The van der Waals surface area contributed by atoms with Crippen LogP contribution in [0.2, 0.25) is 0 Å². The van der Waals surface area contributed by atoms with Gasteiger partial charge >= 0.3 is 11.9 Å². The fourth-order valence-electron chi connectivity index (χ4n) is 0.717. The van der Waals surface area contributed by atoms with Crippen LogP contribution in [0.4, 0.5) is 0 Å². The molecule has 0 saturated heterocycles. The molecule has 6 heteroatoms. The Morgan fingerprint density at radius 2 is 2.07 bits per heavy atom. The average Bonchev–Trinajstić information content (AvgIpc) is 2.21. The Morgan fingerprint density at radius 3 is 2.57 bits per heavy atom. The van der Waals surface area contributed by atoms with E-state index in [9.17, 15) is 9.59 Å². The highest BCUT2D eigenvalue weighted by Crippen LogP contribution is 2.01. The van der Waals surface area contributed by atoms with Crippen LogP contribution in [0.25, 0.3) is 0 Å². The minimum Gasteiger partial charge on any atom is -0.464 e. The van der Waals surface area contributed by atoms with Crippen molar-refractivity contribution >= 4 is 11.9 Å². The van der Waals surface area contributed by atoms with Crippen molar-refractivity contribution in [1.29, 1.82) is 0 Å². The molecule has 6 nitrogen and oxygen atoms in total. The monoisotopic (exact) mass is 206 g/mol. The standard InChI is InChI=1S/C8H14O6/c1-2-5-13-8(11)6(9)3-4-7(10)14-12/h6,9,12H,2-5H2,1H3. The third-order valence-corrected chi connectivity index (χ3v) is 1.44. The summed E-state index contributed by atoms with van der Waals surface area (Å²) < 4.78 is 4.62. The summed E-state index contributed by atoms with van der Waals surface area (Å²) >= 11 is 0. The molecule has 0 aromatic rings. The SMILES string of the molecule is CCCOC(=O)C(O)CCC(=O)OO. The second-order valence-electron chi connectivity index (χ2n) is 2.69. The van der Waals surface area contributed by atoms with Crippen LogP contribution in [-0.4, -0.2) is 35.0 Å². The van der Waals surface area contributed by atoms with Gasteiger partial charge in [0, 0.05) is 0 Å². The first kappa shape index (κ1) is 12.9.